The van der Waals surface area contributed by atoms with Gasteiger partial charge in [0.2, 0.25) is 0 Å². The van der Waals surface area contributed by atoms with Crippen molar-refractivity contribution in [2.24, 2.45) is 0 Å². The van der Waals surface area contributed by atoms with Crippen LogP contribution in [0.1, 0.15) is 10.4 Å². The molecule has 1 amide bonds. The van der Waals surface area contributed by atoms with Crippen molar-refractivity contribution in [3.8, 4) is 0 Å². The van der Waals surface area contributed by atoms with Crippen molar-refractivity contribution < 1.29 is 13.2 Å². The van der Waals surface area contributed by atoms with Crippen LogP contribution < -0.4 is 9.62 Å². The van der Waals surface area contributed by atoms with Gasteiger partial charge >= 0.3 is 0 Å². The van der Waals surface area contributed by atoms with Gasteiger partial charge in [-0.1, -0.05) is 12.1 Å². The van der Waals surface area contributed by atoms with Crippen LogP contribution in [0.3, 0.4) is 0 Å². The molecule has 0 radical (unpaired) electrons. The smallest absolute Gasteiger partial charge is 0.262 e. The van der Waals surface area contributed by atoms with Gasteiger partial charge < -0.3 is 4.90 Å². The number of halogens is 1. The minimum atomic E-state index is -3.78. The van der Waals surface area contributed by atoms with Gasteiger partial charge in [0, 0.05) is 32.6 Å². The van der Waals surface area contributed by atoms with E-state index in [4.69, 9.17) is 0 Å². The maximum Gasteiger partial charge on any atom is 0.262 e. The summed E-state index contributed by atoms with van der Waals surface area (Å²) < 4.78 is 29.4. The largest absolute Gasteiger partial charge is 0.311 e. The van der Waals surface area contributed by atoms with Crippen LogP contribution in [0.5, 0.6) is 0 Å². The highest BCUT2D eigenvalue weighted by molar-refractivity contribution is 14.1. The van der Waals surface area contributed by atoms with E-state index in [-0.39, 0.29) is 10.8 Å². The number of amides is 1. The highest BCUT2D eigenvalue weighted by atomic mass is 127. The van der Waals surface area contributed by atoms with Gasteiger partial charge in [0.15, 0.2) is 0 Å². The summed E-state index contributed by atoms with van der Waals surface area (Å²) >= 11 is 2.16. The predicted molar refractivity (Wildman–Crippen MR) is 107 cm³/mol. The monoisotopic (exact) mass is 464 g/mol. The zero-order chi connectivity index (χ0) is 17.8. The molecule has 0 bridgehead atoms. The average Bonchev–Trinajstić information content (AvgIpc) is 2.84. The molecule has 3 aromatic rings. The van der Waals surface area contributed by atoms with Crippen LogP contribution in [0.15, 0.2) is 59.5 Å². The lowest BCUT2D eigenvalue weighted by atomic mass is 10.1. The van der Waals surface area contributed by atoms with Crippen LogP contribution >= 0.6 is 22.6 Å². The molecule has 1 aliphatic rings. The minimum Gasteiger partial charge on any atom is -0.311 e. The Morgan fingerprint density at radius 1 is 1.00 bits per heavy atom. The molecular weight excluding hydrogens is 451 g/mol. The molecule has 1 heterocycles. The van der Waals surface area contributed by atoms with Crippen molar-refractivity contribution in [1.82, 2.24) is 0 Å². The third kappa shape index (κ3) is 2.58. The summed E-state index contributed by atoms with van der Waals surface area (Å²) in [6, 6.07) is 15.5. The lowest BCUT2D eigenvalue weighted by Crippen LogP contribution is -2.20. The van der Waals surface area contributed by atoms with Gasteiger partial charge in [-0.25, -0.2) is 8.42 Å². The minimum absolute atomic E-state index is 0.124. The first-order valence-electron chi connectivity index (χ1n) is 7.51. The molecule has 3 aromatic carbocycles. The first-order chi connectivity index (χ1) is 11.9. The molecule has 0 fully saturated rings. The number of sulfonamides is 1. The number of rotatable bonds is 3. The Balaban J connectivity index is 1.88. The molecular formula is C18H13IN2O3S. The molecule has 0 saturated heterocycles. The van der Waals surface area contributed by atoms with E-state index in [0.717, 1.165) is 9.26 Å². The number of carbonyl (C=O) groups is 1. The lowest BCUT2D eigenvalue weighted by Gasteiger charge is -2.13. The quantitative estimate of drug-likeness (QED) is 0.600. The Morgan fingerprint density at radius 3 is 2.44 bits per heavy atom. The summed E-state index contributed by atoms with van der Waals surface area (Å²) in [5.41, 5.74) is 1.75. The second kappa shape index (κ2) is 5.70. The lowest BCUT2D eigenvalue weighted by molar-refractivity contribution is 0.0999. The molecule has 5 nitrogen and oxygen atoms in total. The number of benzene rings is 3. The Hall–Kier alpha value is -2.13. The molecule has 7 heteroatoms. The van der Waals surface area contributed by atoms with Gasteiger partial charge in [-0.3, -0.25) is 9.52 Å². The van der Waals surface area contributed by atoms with Gasteiger partial charge in [0.1, 0.15) is 0 Å². The molecule has 1 aliphatic heterocycles. The number of carbonyl (C=O) groups excluding carboxylic acids is 1. The Kier molecular flexibility index (Phi) is 3.73. The van der Waals surface area contributed by atoms with Crippen LogP contribution in [-0.4, -0.2) is 21.4 Å². The first-order valence-corrected chi connectivity index (χ1v) is 10.1. The van der Waals surface area contributed by atoms with Crippen molar-refractivity contribution in [1.29, 1.82) is 0 Å². The zero-order valence-corrected chi connectivity index (χ0v) is 16.1. The zero-order valence-electron chi connectivity index (χ0n) is 13.2. The van der Waals surface area contributed by atoms with Crippen LogP contribution in [0.2, 0.25) is 0 Å². The third-order valence-electron chi connectivity index (χ3n) is 4.26. The van der Waals surface area contributed by atoms with E-state index in [1.165, 1.54) is 0 Å². The fraction of sp³-hybridized carbons (Fsp3) is 0.0556. The molecule has 0 atom stereocenters. The van der Waals surface area contributed by atoms with E-state index in [1.54, 1.807) is 54.4 Å². The van der Waals surface area contributed by atoms with Crippen molar-refractivity contribution in [2.45, 2.75) is 4.90 Å². The summed E-state index contributed by atoms with van der Waals surface area (Å²) in [7, 11) is -2.09. The highest BCUT2D eigenvalue weighted by Gasteiger charge is 2.30. The Morgan fingerprint density at radius 2 is 1.72 bits per heavy atom. The molecule has 0 saturated carbocycles. The average molecular weight is 464 g/mol. The Labute approximate surface area is 158 Å². The molecule has 4 rings (SSSR count). The van der Waals surface area contributed by atoms with Crippen molar-refractivity contribution in [3.63, 3.8) is 0 Å². The maximum absolute atomic E-state index is 12.9. The second-order valence-electron chi connectivity index (χ2n) is 5.79. The number of nitrogens with one attached hydrogen (secondary N) is 1. The van der Waals surface area contributed by atoms with Gasteiger partial charge in [-0.15, -0.1) is 0 Å². The fourth-order valence-corrected chi connectivity index (χ4v) is 4.69. The maximum atomic E-state index is 12.9. The molecule has 0 aromatic heterocycles. The van der Waals surface area contributed by atoms with Gasteiger partial charge in [-0.2, -0.15) is 0 Å². The Bertz CT molecular complexity index is 1130. The third-order valence-corrected chi connectivity index (χ3v) is 6.42. The van der Waals surface area contributed by atoms with Crippen LogP contribution in [0, 0.1) is 3.57 Å². The summed E-state index contributed by atoms with van der Waals surface area (Å²) in [4.78, 5) is 14.0. The number of hydrogen-bond acceptors (Lipinski definition) is 3. The SMILES string of the molecule is CN1C(=O)c2cccc3c(S(=O)(=O)Nc4ccc(I)cc4)ccc1c23. The molecule has 25 heavy (non-hydrogen) atoms. The molecule has 0 unspecified atom stereocenters. The van der Waals surface area contributed by atoms with Gasteiger partial charge in [0.05, 0.1) is 10.6 Å². The van der Waals surface area contributed by atoms with Gasteiger partial charge in [-0.05, 0) is 65.1 Å². The van der Waals surface area contributed by atoms with E-state index in [2.05, 4.69) is 27.3 Å². The van der Waals surface area contributed by atoms with E-state index < -0.39 is 10.0 Å². The predicted octanol–water partition coefficient (Wildman–Crippen LogP) is 3.84. The topological polar surface area (TPSA) is 66.5 Å². The van der Waals surface area contributed by atoms with Crippen molar-refractivity contribution in [2.75, 3.05) is 16.7 Å². The van der Waals surface area contributed by atoms with Crippen molar-refractivity contribution in [3.05, 3.63) is 63.7 Å². The fourth-order valence-electron chi connectivity index (χ4n) is 3.07. The molecule has 126 valence electrons. The number of nitrogens with zero attached hydrogens (tertiary/aromatic N) is 1. The van der Waals surface area contributed by atoms with E-state index in [1.807, 2.05) is 12.1 Å². The summed E-state index contributed by atoms with van der Waals surface area (Å²) in [5, 5.41) is 1.23. The van der Waals surface area contributed by atoms with E-state index in [9.17, 15) is 13.2 Å². The number of hydrogen-bond donors (Lipinski definition) is 1. The van der Waals surface area contributed by atoms with Crippen LogP contribution in [0.25, 0.3) is 10.8 Å². The van der Waals surface area contributed by atoms with Crippen LogP contribution in [0.4, 0.5) is 11.4 Å². The van der Waals surface area contributed by atoms with Crippen molar-refractivity contribution >= 4 is 60.7 Å². The molecule has 0 aliphatic carbocycles. The van der Waals surface area contributed by atoms with Gasteiger partial charge in [0.25, 0.3) is 15.9 Å². The summed E-state index contributed by atoms with van der Waals surface area (Å²) in [5.74, 6) is -0.124. The standard InChI is InChI=1S/C18H13IN2O3S/c1-21-15-9-10-16(13-3-2-4-14(17(13)15)18(21)22)25(23,24)20-12-7-5-11(19)6-8-12/h2-10,20H,1H3. The number of anilines is 2. The van der Waals surface area contributed by atoms with E-state index >= 15 is 0 Å². The van der Waals surface area contributed by atoms with Crippen LogP contribution in [-0.2, 0) is 10.0 Å². The summed E-state index contributed by atoms with van der Waals surface area (Å²) in [6.07, 6.45) is 0. The molecule has 1 N–H and O–H groups in total. The first kappa shape index (κ1) is 16.3. The molecule has 0 spiro atoms. The normalized spacial score (nSPS) is 13.5. The highest BCUT2D eigenvalue weighted by Crippen LogP contribution is 2.39. The van der Waals surface area contributed by atoms with E-state index in [0.29, 0.717) is 22.0 Å². The summed E-state index contributed by atoms with van der Waals surface area (Å²) in [6.45, 7) is 0. The second-order valence-corrected chi connectivity index (χ2v) is 8.68.